The first-order chi connectivity index (χ1) is 12.5. The zero-order chi connectivity index (χ0) is 19.5. The molecule has 9 heteroatoms. The molecule has 1 N–H and O–H groups in total. The summed E-state index contributed by atoms with van der Waals surface area (Å²) in [6.45, 7) is 1.59. The van der Waals surface area contributed by atoms with Gasteiger partial charge in [-0.1, -0.05) is 34.6 Å². The van der Waals surface area contributed by atoms with E-state index in [0.717, 1.165) is 0 Å². The number of benzene rings is 1. The monoisotopic (exact) mass is 365 g/mol. The molecule has 1 rings (SSSR count). The van der Waals surface area contributed by atoms with Crippen LogP contribution in [0.5, 0.6) is 0 Å². The van der Waals surface area contributed by atoms with Crippen LogP contribution in [0.3, 0.4) is 0 Å². The molecule has 0 aliphatic carbocycles. The van der Waals surface area contributed by atoms with Gasteiger partial charge >= 0.3 is 5.97 Å². The number of oxime groups is 2. The molecule has 0 saturated carbocycles. The third kappa shape index (κ3) is 5.55. The van der Waals surface area contributed by atoms with Crippen molar-refractivity contribution >= 4 is 23.3 Å². The highest BCUT2D eigenvalue weighted by Crippen LogP contribution is 2.22. The average Bonchev–Trinajstić information content (AvgIpc) is 2.66. The molecule has 1 unspecified atom stereocenters. The minimum absolute atomic E-state index is 0.0613. The lowest BCUT2D eigenvalue weighted by atomic mass is 10.0. The Morgan fingerprint density at radius 1 is 1.15 bits per heavy atom. The summed E-state index contributed by atoms with van der Waals surface area (Å²) >= 11 is 0. The number of carbonyl (C=O) groups is 2. The number of nitrogens with zero attached hydrogens (tertiary/aromatic N) is 2. The van der Waals surface area contributed by atoms with Crippen molar-refractivity contribution in [2.24, 2.45) is 10.3 Å². The van der Waals surface area contributed by atoms with Gasteiger partial charge in [0.1, 0.15) is 19.4 Å². The number of carbonyl (C=O) groups excluding carboxylic acids is 2. The lowest BCUT2D eigenvalue weighted by molar-refractivity contribution is -0.133. The van der Waals surface area contributed by atoms with Gasteiger partial charge in [-0.3, -0.25) is 4.79 Å². The van der Waals surface area contributed by atoms with Gasteiger partial charge in [-0.05, 0) is 18.1 Å². The quantitative estimate of drug-likeness (QED) is 0.400. The molecule has 0 aliphatic rings. The van der Waals surface area contributed by atoms with E-state index in [4.69, 9.17) is 9.57 Å². The van der Waals surface area contributed by atoms with E-state index in [-0.39, 0.29) is 23.9 Å². The summed E-state index contributed by atoms with van der Waals surface area (Å²) in [6, 6.07) is 7.16. The van der Waals surface area contributed by atoms with Gasteiger partial charge in [-0.25, -0.2) is 4.79 Å². The zero-order valence-corrected chi connectivity index (χ0v) is 15.4. The molecular weight excluding hydrogens is 342 g/mol. The first-order valence-electron chi connectivity index (χ1n) is 7.68. The molecule has 1 amide bonds. The summed E-state index contributed by atoms with van der Waals surface area (Å²) in [6.07, 6.45) is -0.773. The summed E-state index contributed by atoms with van der Waals surface area (Å²) in [5, 5.41) is 9.99. The van der Waals surface area contributed by atoms with E-state index in [0.29, 0.717) is 11.1 Å². The summed E-state index contributed by atoms with van der Waals surface area (Å²) in [4.78, 5) is 33.5. The van der Waals surface area contributed by atoms with Gasteiger partial charge in [0.05, 0.1) is 7.11 Å². The molecular formula is C17H23N3O6. The minimum atomic E-state index is -0.773. The number of ether oxygens (including phenoxy) is 2. The predicted octanol–water partition coefficient (Wildman–Crippen LogP) is 1.19. The maximum absolute atomic E-state index is 12.0. The molecule has 1 aromatic rings. The third-order valence-corrected chi connectivity index (χ3v) is 3.38. The Labute approximate surface area is 151 Å². The molecule has 0 heterocycles. The summed E-state index contributed by atoms with van der Waals surface area (Å²) in [5.41, 5.74) is 1.44. The summed E-state index contributed by atoms with van der Waals surface area (Å²) in [7, 11) is 5.51. The van der Waals surface area contributed by atoms with Crippen LogP contribution in [-0.4, -0.2) is 51.7 Å². The maximum Gasteiger partial charge on any atom is 0.362 e. The summed E-state index contributed by atoms with van der Waals surface area (Å²) < 4.78 is 9.88. The van der Waals surface area contributed by atoms with Gasteiger partial charge in [-0.2, -0.15) is 0 Å². The van der Waals surface area contributed by atoms with Crippen LogP contribution in [0.1, 0.15) is 24.2 Å². The first-order valence-corrected chi connectivity index (χ1v) is 7.68. The maximum atomic E-state index is 12.0. The van der Waals surface area contributed by atoms with Crippen molar-refractivity contribution in [2.75, 3.05) is 28.4 Å². The summed E-state index contributed by atoms with van der Waals surface area (Å²) in [5.74, 6) is -0.976. The van der Waals surface area contributed by atoms with Crippen molar-refractivity contribution in [3.05, 3.63) is 35.4 Å². The highest BCUT2D eigenvalue weighted by molar-refractivity contribution is 6.65. The second-order valence-corrected chi connectivity index (χ2v) is 4.99. The Balaban J connectivity index is 2.96. The topological polar surface area (TPSA) is 108 Å². The molecule has 9 nitrogen and oxygen atoms in total. The second-order valence-electron chi connectivity index (χ2n) is 4.99. The van der Waals surface area contributed by atoms with Crippen LogP contribution in [0.25, 0.3) is 0 Å². The van der Waals surface area contributed by atoms with E-state index in [1.807, 2.05) is 6.07 Å². The van der Waals surface area contributed by atoms with Gasteiger partial charge in [0.15, 0.2) is 6.10 Å². The number of amides is 1. The SMILES string of the molecule is CNC(=O)C(OC)c1ccccc1CON=C(C)C(=NOC)C(=O)OC. The molecule has 0 bridgehead atoms. The molecule has 26 heavy (non-hydrogen) atoms. The molecule has 1 atom stereocenters. The fourth-order valence-electron chi connectivity index (χ4n) is 2.11. The van der Waals surface area contributed by atoms with Gasteiger partial charge in [0.25, 0.3) is 5.91 Å². The Hall–Kier alpha value is -2.94. The Morgan fingerprint density at radius 2 is 1.85 bits per heavy atom. The number of hydrogen-bond donors (Lipinski definition) is 1. The number of rotatable bonds is 9. The first kappa shape index (κ1) is 21.1. The minimum Gasteiger partial charge on any atom is -0.464 e. The van der Waals surface area contributed by atoms with Crippen molar-refractivity contribution in [3.8, 4) is 0 Å². The zero-order valence-electron chi connectivity index (χ0n) is 15.4. The normalized spacial score (nSPS) is 13.0. The largest absolute Gasteiger partial charge is 0.464 e. The Bertz CT molecular complexity index is 687. The van der Waals surface area contributed by atoms with Crippen molar-refractivity contribution in [3.63, 3.8) is 0 Å². The fraction of sp³-hybridized carbons (Fsp3) is 0.412. The number of nitrogens with one attached hydrogen (secondary N) is 1. The van der Waals surface area contributed by atoms with Crippen LogP contribution in [0.15, 0.2) is 34.6 Å². The molecule has 142 valence electrons. The number of esters is 1. The number of likely N-dealkylation sites (N-methyl/N-ethyl adjacent to an activating group) is 1. The lowest BCUT2D eigenvalue weighted by Crippen LogP contribution is -2.27. The van der Waals surface area contributed by atoms with Crippen molar-refractivity contribution < 1.29 is 28.7 Å². The van der Waals surface area contributed by atoms with E-state index in [2.05, 4.69) is 25.2 Å². The van der Waals surface area contributed by atoms with Gasteiger partial charge < -0.3 is 24.5 Å². The van der Waals surface area contributed by atoms with Crippen LogP contribution in [0, 0.1) is 0 Å². The number of hydrogen-bond acceptors (Lipinski definition) is 8. The van der Waals surface area contributed by atoms with Gasteiger partial charge in [-0.15, -0.1) is 0 Å². The molecule has 0 fully saturated rings. The molecule has 0 radical (unpaired) electrons. The molecule has 1 aromatic carbocycles. The van der Waals surface area contributed by atoms with Crippen LogP contribution >= 0.6 is 0 Å². The van der Waals surface area contributed by atoms with E-state index in [1.54, 1.807) is 18.2 Å². The highest BCUT2D eigenvalue weighted by atomic mass is 16.6. The van der Waals surface area contributed by atoms with Gasteiger partial charge in [0, 0.05) is 14.2 Å². The van der Waals surface area contributed by atoms with Gasteiger partial charge in [0.2, 0.25) is 5.71 Å². The van der Waals surface area contributed by atoms with E-state index in [1.165, 1.54) is 35.3 Å². The van der Waals surface area contributed by atoms with Crippen LogP contribution < -0.4 is 5.32 Å². The average molecular weight is 365 g/mol. The van der Waals surface area contributed by atoms with Crippen LogP contribution in [-0.2, 0) is 35.3 Å². The molecule has 0 aliphatic heterocycles. The third-order valence-electron chi connectivity index (χ3n) is 3.38. The Morgan fingerprint density at radius 3 is 2.42 bits per heavy atom. The lowest BCUT2D eigenvalue weighted by Gasteiger charge is -2.17. The van der Waals surface area contributed by atoms with Crippen LogP contribution in [0.2, 0.25) is 0 Å². The molecule has 0 aromatic heterocycles. The smallest absolute Gasteiger partial charge is 0.362 e. The fourth-order valence-corrected chi connectivity index (χ4v) is 2.11. The molecule has 0 saturated heterocycles. The van der Waals surface area contributed by atoms with E-state index in [9.17, 15) is 9.59 Å². The highest BCUT2D eigenvalue weighted by Gasteiger charge is 2.22. The standard InChI is InChI=1S/C17H23N3O6/c1-11(14(20-25-5)17(22)24-4)19-26-10-12-8-6-7-9-13(12)15(23-3)16(21)18-2/h6-9,15H,10H2,1-5H3,(H,18,21). The second kappa shape index (κ2) is 10.8. The van der Waals surface area contributed by atoms with Crippen LogP contribution in [0.4, 0.5) is 0 Å². The van der Waals surface area contributed by atoms with Crippen molar-refractivity contribution in [1.29, 1.82) is 0 Å². The van der Waals surface area contributed by atoms with Crippen molar-refractivity contribution in [1.82, 2.24) is 5.32 Å². The van der Waals surface area contributed by atoms with E-state index >= 15 is 0 Å². The predicted molar refractivity (Wildman–Crippen MR) is 94.6 cm³/mol. The van der Waals surface area contributed by atoms with E-state index < -0.39 is 12.1 Å². The molecule has 0 spiro atoms. The Kier molecular flexibility index (Phi) is 8.79. The van der Waals surface area contributed by atoms with Crippen molar-refractivity contribution in [2.45, 2.75) is 19.6 Å². The number of methoxy groups -OCH3 is 2.